The van der Waals surface area contributed by atoms with Crippen LogP contribution < -0.4 is 17.2 Å². The molecular weight excluding hydrogens is 1780 g/mol. The van der Waals surface area contributed by atoms with E-state index in [2.05, 4.69) is 279 Å². The number of aromatic amines is 1. The molecule has 3 aliphatic heterocycles. The standard InChI is InChI=1S/2C38H63N5O4.C37H63NO4.C2H4N4/c1-22(2)24(5)33(7)16-17-35(9)26-12-13-29-34(8)19-46-21-38(29,27(26)14-15-36(35,10)30(33)32(44)45)18-28(43-25(6)40-41-42-43)31(34)47-20-37(11,39)23(3)4;1-22(2)24(5)33(7)16-17-35(9)26-12-13-29-34(8)19-46-21-38(29,27(26)14-15-36(35,10)30(33)32(44)45)18-28(43-41-25(6)40-42-43)31(34)47-20-37(11,39)23(3)4;1-22(2)25(6)32(7)16-17-34(9)26-12-13-28-33(8)19-41-21-37(28,27(26)14-15-35(34,10)29(32)31(39)40)18-24(5)30(33)42-20-36(11,38)23(3)4;1-2-3-5-6-4-2/h2*14,22-24,26,28-31H,12-13,15-21,39H2,1-11H3,(H,44,45);14,22-26,28-30H,12-13,15-21,38H2,1-11H3,(H,39,40);1H3,(H,3,4,5,6)/t2*24-,26+,28-,29+,30?,31+,33-,34+,35-,36+,37+,38+;24-,25-,26+,28+,29-,30+,32-,33+,34-,35+,36+,37+;/m111./s1. The summed E-state index contributed by atoms with van der Waals surface area (Å²) in [5, 5.41) is 72.3. The summed E-state index contributed by atoms with van der Waals surface area (Å²) < 4.78 is 42.8. The van der Waals surface area contributed by atoms with Crippen LogP contribution in [0.15, 0.2) is 34.9 Å². The molecule has 12 aliphatic carbocycles. The lowest BCUT2D eigenvalue weighted by molar-refractivity contribution is -0.254. The van der Waals surface area contributed by atoms with Crippen molar-refractivity contribution in [3.8, 4) is 0 Å². The summed E-state index contributed by atoms with van der Waals surface area (Å²) in [5.41, 5.74) is 20.6. The number of fused-ring (bicyclic) bond motifs is 9. The van der Waals surface area contributed by atoms with E-state index in [1.165, 1.54) is 17.6 Å². The first-order chi connectivity index (χ1) is 65.8. The quantitative estimate of drug-likeness (QED) is 0.0434. The first-order valence-corrected chi connectivity index (χ1v) is 55.7. The summed E-state index contributed by atoms with van der Waals surface area (Å²) in [6.45, 7) is 81.7. The summed E-state index contributed by atoms with van der Waals surface area (Å²) in [6, 6.07) is -0.175. The number of nitrogens with zero attached hydrogens (tertiary/aromatic N) is 11. The molecule has 12 fully saturated rings. The summed E-state index contributed by atoms with van der Waals surface area (Å²) in [4.78, 5) is 42.0. The highest BCUT2D eigenvalue weighted by Crippen LogP contribution is 2.81. The Hall–Kier alpha value is -5.52. The second-order valence-corrected chi connectivity index (χ2v) is 56.2. The topological polar surface area (TPSA) is 387 Å². The summed E-state index contributed by atoms with van der Waals surface area (Å²) in [6.07, 6.45) is 25.2. The molecule has 27 nitrogen and oxygen atoms in total. The molecule has 142 heavy (non-hydrogen) atoms. The molecule has 10 N–H and O–H groups in total. The number of aryl methyl sites for hydroxylation is 3. The molecule has 0 radical (unpaired) electrons. The monoisotopic (exact) mass is 1980 g/mol. The van der Waals surface area contributed by atoms with Gasteiger partial charge in [0.15, 0.2) is 11.6 Å². The number of carboxylic acid groups (broad SMARTS) is 3. The Balaban J connectivity index is 0.000000156. The fourth-order valence-electron chi connectivity index (χ4n) is 36.1. The van der Waals surface area contributed by atoms with E-state index < -0.39 is 40.8 Å². The highest BCUT2D eigenvalue weighted by atomic mass is 16.5. The van der Waals surface area contributed by atoms with Crippen molar-refractivity contribution >= 4 is 17.9 Å². The van der Waals surface area contributed by atoms with Crippen LogP contribution in [0.5, 0.6) is 0 Å². The van der Waals surface area contributed by atoms with Crippen molar-refractivity contribution < 1.29 is 58.1 Å². The average molecular weight is 1980 g/mol. The van der Waals surface area contributed by atoms with Gasteiger partial charge in [-0.2, -0.15) is 10.0 Å². The number of aromatic nitrogens is 12. The van der Waals surface area contributed by atoms with Gasteiger partial charge in [-0.25, -0.2) is 4.68 Å². The summed E-state index contributed by atoms with van der Waals surface area (Å²) in [7, 11) is 0. The molecule has 18 rings (SSSR count). The third-order valence-corrected chi connectivity index (χ3v) is 47.5. The van der Waals surface area contributed by atoms with Crippen molar-refractivity contribution in [1.29, 1.82) is 0 Å². The molecule has 3 aromatic heterocycles. The van der Waals surface area contributed by atoms with Crippen LogP contribution in [0.25, 0.3) is 0 Å². The fraction of sp³-hybridized carbons (Fsp3) is 0.896. The van der Waals surface area contributed by atoms with Gasteiger partial charge in [-0.1, -0.05) is 234 Å². The van der Waals surface area contributed by atoms with Crippen LogP contribution in [0.4, 0.5) is 0 Å². The van der Waals surface area contributed by atoms with Crippen molar-refractivity contribution in [3.63, 3.8) is 0 Å². The van der Waals surface area contributed by atoms with Gasteiger partial charge in [0.25, 0.3) is 0 Å². The van der Waals surface area contributed by atoms with Crippen molar-refractivity contribution in [1.82, 2.24) is 61.0 Å². The van der Waals surface area contributed by atoms with Gasteiger partial charge in [0, 0.05) is 49.1 Å². The Bertz CT molecular complexity index is 5140. The van der Waals surface area contributed by atoms with Crippen LogP contribution in [-0.4, -0.2) is 189 Å². The Morgan fingerprint density at radius 3 is 1.06 bits per heavy atom. The number of carboxylic acids is 3. The van der Waals surface area contributed by atoms with Crippen LogP contribution in [0.1, 0.15) is 360 Å². The zero-order valence-electron chi connectivity index (χ0n) is 94.3. The second-order valence-electron chi connectivity index (χ2n) is 56.2. The highest BCUT2D eigenvalue weighted by Gasteiger charge is 2.78. The molecule has 3 saturated heterocycles. The number of ether oxygens (including phenoxy) is 6. The molecule has 27 heteroatoms. The van der Waals surface area contributed by atoms with Gasteiger partial charge < -0.3 is 60.9 Å². The number of H-pyrrole nitrogens is 1. The Morgan fingerprint density at radius 2 is 0.768 bits per heavy atom. The maximum atomic E-state index is 13.4. The van der Waals surface area contributed by atoms with Crippen molar-refractivity contribution in [2.45, 2.75) is 398 Å². The smallest absolute Gasteiger partial charge is 0.307 e. The number of aliphatic carboxylic acids is 3. The van der Waals surface area contributed by atoms with E-state index in [9.17, 15) is 29.7 Å². The molecule has 3 aromatic rings. The van der Waals surface area contributed by atoms with Gasteiger partial charge in [0.2, 0.25) is 0 Å². The first kappa shape index (κ1) is 111. The van der Waals surface area contributed by atoms with E-state index in [1.54, 1.807) is 12.5 Å². The number of nitrogens with one attached hydrogen (secondary N) is 1. The molecule has 2 unspecified atom stereocenters. The lowest BCUT2D eigenvalue weighted by Crippen LogP contribution is -2.69. The van der Waals surface area contributed by atoms with Gasteiger partial charge in [0.05, 0.1) is 102 Å². The maximum absolute atomic E-state index is 13.4. The van der Waals surface area contributed by atoms with Crippen molar-refractivity contribution in [3.05, 3.63) is 52.4 Å². The average Bonchev–Trinajstić information content (AvgIpc) is 1.00. The van der Waals surface area contributed by atoms with E-state index in [4.69, 9.17) is 50.7 Å². The third-order valence-electron chi connectivity index (χ3n) is 47.5. The van der Waals surface area contributed by atoms with Crippen LogP contribution in [-0.2, 0) is 42.8 Å². The van der Waals surface area contributed by atoms with E-state index in [0.717, 1.165) is 128 Å². The molecule has 9 saturated carbocycles. The van der Waals surface area contributed by atoms with Crippen LogP contribution in [0.2, 0.25) is 0 Å². The molecule has 6 bridgehead atoms. The molecule has 6 heterocycles. The maximum Gasteiger partial charge on any atom is 0.307 e. The number of allylic oxidation sites excluding steroid dienone is 3. The molecule has 800 valence electrons. The summed E-state index contributed by atoms with van der Waals surface area (Å²) in [5.74, 6) is 5.03. The number of carbonyl (C=O) groups is 3. The number of hydrogen-bond acceptors (Lipinski definition) is 21. The van der Waals surface area contributed by atoms with Gasteiger partial charge in [0.1, 0.15) is 11.9 Å². The minimum Gasteiger partial charge on any atom is -0.481 e. The SMILES string of the molecule is CC(C)[C@@H](C)[C@@]1(C)CC[C@]2(C)[C@H]3CC[C@@H]4[C@@]5(COC[C@]4(C)[C@@H](OC[C@](C)(N)C(C)C)[C@H](C)C5)C3=CC[C@@]2(C)[C@@H]1C(=O)O.Cc1nn[nH]n1.Cc1nnn([C@@H]2C[C@@]34COC[C@@](C)([C@@H]3CC[C@H]3C4=CC[C@@]4(C)C(C(=O)O)[C@@](C)([C@H](C)C(C)C)CC[C@]34C)[C@H]2OC[C@](C)(N)C(C)C)n1.Cc1nnnn1[C@@H]1C[C@@]23COC[C@@](C)([C@@H]2CC[C@H]2C3=CC[C@@]3(C)C(C(=O)O)[C@@](C)([C@H](C)C(C)C)CC[C@]23C)[C@H]1OC[C@](C)(N)C(C)C. The van der Waals surface area contributed by atoms with Gasteiger partial charge >= 0.3 is 17.9 Å². The van der Waals surface area contributed by atoms with Crippen molar-refractivity contribution in [2.75, 3.05) is 59.5 Å². The van der Waals surface area contributed by atoms with Gasteiger partial charge in [-0.05, 0) is 316 Å². The Kier molecular flexibility index (Phi) is 29.7. The number of tetrazole rings is 3. The zero-order valence-corrected chi connectivity index (χ0v) is 94.3. The van der Waals surface area contributed by atoms with Crippen molar-refractivity contribution in [2.24, 2.45) is 211 Å². The number of hydrogen-bond donors (Lipinski definition) is 7. The van der Waals surface area contributed by atoms with Crippen LogP contribution >= 0.6 is 0 Å². The predicted octanol–water partition coefficient (Wildman–Crippen LogP) is 21.2. The second kappa shape index (κ2) is 38.1. The first-order valence-electron chi connectivity index (χ1n) is 55.7. The van der Waals surface area contributed by atoms with Crippen LogP contribution in [0, 0.1) is 214 Å². The lowest BCUT2D eigenvalue weighted by atomic mass is 9.34. The van der Waals surface area contributed by atoms with E-state index in [0.29, 0.717) is 141 Å². The fourth-order valence-corrected chi connectivity index (χ4v) is 36.1. The van der Waals surface area contributed by atoms with E-state index in [-0.39, 0.29) is 135 Å². The van der Waals surface area contributed by atoms with E-state index >= 15 is 0 Å². The molecular formula is C115H193N15O12. The minimum absolute atomic E-state index is 0.0221. The number of nitrogens with two attached hydrogens (primary N) is 3. The molecule has 15 aliphatic rings. The molecule has 0 aromatic carbocycles. The normalized spacial score (nSPS) is 44.6. The Labute approximate surface area is 853 Å². The number of rotatable bonds is 23. The van der Waals surface area contributed by atoms with Gasteiger partial charge in [-0.3, -0.25) is 14.4 Å². The minimum atomic E-state index is -0.621. The Morgan fingerprint density at radius 1 is 0.437 bits per heavy atom. The van der Waals surface area contributed by atoms with E-state index in [1.807, 2.05) is 23.3 Å². The molecule has 0 amide bonds. The molecule has 0 spiro atoms. The van der Waals surface area contributed by atoms with Gasteiger partial charge in [-0.15, -0.1) is 25.5 Å². The molecule has 36 atom stereocenters. The third kappa shape index (κ3) is 16.9. The van der Waals surface area contributed by atoms with Crippen LogP contribution in [0.3, 0.4) is 0 Å². The zero-order chi connectivity index (χ0) is 105. The largest absolute Gasteiger partial charge is 0.481 e. The highest BCUT2D eigenvalue weighted by molar-refractivity contribution is 5.75. The predicted molar refractivity (Wildman–Crippen MR) is 553 cm³/mol. The summed E-state index contributed by atoms with van der Waals surface area (Å²) >= 11 is 0. The lowest BCUT2D eigenvalue weighted by Gasteiger charge is -2.71.